The molecule has 0 fully saturated rings. The highest BCUT2D eigenvalue weighted by atomic mass is 15.1. The van der Waals surface area contributed by atoms with Crippen LogP contribution in [0.3, 0.4) is 0 Å². The summed E-state index contributed by atoms with van der Waals surface area (Å²) in [6.45, 7) is 4.69. The van der Waals surface area contributed by atoms with E-state index in [1.165, 1.54) is 77.2 Å². The van der Waals surface area contributed by atoms with Crippen LogP contribution in [0.5, 0.6) is 0 Å². The Morgan fingerprint density at radius 1 is 0.333 bits per heavy atom. The highest BCUT2D eigenvalue weighted by molar-refractivity contribution is 5.97. The molecule has 54 heavy (non-hydrogen) atoms. The summed E-state index contributed by atoms with van der Waals surface area (Å²) in [7, 11) is 0. The number of hydrogen-bond acceptors (Lipinski definition) is 1. The normalized spacial score (nSPS) is 12.8. The van der Waals surface area contributed by atoms with E-state index in [-0.39, 0.29) is 5.41 Å². The Kier molecular flexibility index (Phi) is 7.56. The van der Waals surface area contributed by atoms with Crippen LogP contribution in [0, 0.1) is 0 Å². The van der Waals surface area contributed by atoms with Gasteiger partial charge in [0, 0.05) is 22.5 Å². The Labute approximate surface area is 317 Å². The fraction of sp³-hybridized carbons (Fsp3) is 0.0566. The molecule has 0 aliphatic heterocycles. The quantitative estimate of drug-likeness (QED) is 0.168. The van der Waals surface area contributed by atoms with Crippen molar-refractivity contribution in [2.45, 2.75) is 19.3 Å². The molecule has 1 heteroatoms. The van der Waals surface area contributed by atoms with E-state index in [9.17, 15) is 0 Å². The molecular formula is C53H39N. The third-order valence-corrected chi connectivity index (χ3v) is 11.5. The Hall–Kier alpha value is -6.70. The van der Waals surface area contributed by atoms with Crippen LogP contribution in [0.25, 0.3) is 66.1 Å². The summed E-state index contributed by atoms with van der Waals surface area (Å²) in [4.78, 5) is 2.37. The average Bonchev–Trinajstić information content (AvgIpc) is 3.47. The molecule has 0 heterocycles. The summed E-state index contributed by atoms with van der Waals surface area (Å²) in [5.74, 6) is 0. The molecule has 10 rings (SSSR count). The predicted molar refractivity (Wildman–Crippen MR) is 230 cm³/mol. The molecule has 0 atom stereocenters. The first-order chi connectivity index (χ1) is 26.5. The summed E-state index contributed by atoms with van der Waals surface area (Å²) in [6.07, 6.45) is 0. The maximum atomic E-state index is 2.37. The van der Waals surface area contributed by atoms with E-state index < -0.39 is 0 Å². The molecule has 0 N–H and O–H groups in total. The van der Waals surface area contributed by atoms with Crippen molar-refractivity contribution in [3.05, 3.63) is 211 Å². The second-order valence-corrected chi connectivity index (χ2v) is 15.0. The van der Waals surface area contributed by atoms with Gasteiger partial charge in [-0.2, -0.15) is 0 Å². The van der Waals surface area contributed by atoms with Gasteiger partial charge in [-0.05, 0) is 120 Å². The summed E-state index contributed by atoms with van der Waals surface area (Å²) in [6, 6.07) is 73.3. The van der Waals surface area contributed by atoms with Gasteiger partial charge in [-0.15, -0.1) is 0 Å². The maximum absolute atomic E-state index is 2.37. The first-order valence-electron chi connectivity index (χ1n) is 18.8. The fourth-order valence-corrected chi connectivity index (χ4v) is 8.67. The van der Waals surface area contributed by atoms with Gasteiger partial charge in [0.2, 0.25) is 0 Å². The van der Waals surface area contributed by atoms with Crippen molar-refractivity contribution >= 4 is 38.6 Å². The first-order valence-corrected chi connectivity index (χ1v) is 18.8. The zero-order valence-electron chi connectivity index (χ0n) is 30.5. The van der Waals surface area contributed by atoms with Gasteiger partial charge in [0.1, 0.15) is 0 Å². The molecule has 0 bridgehead atoms. The lowest BCUT2D eigenvalue weighted by atomic mass is 9.82. The minimum absolute atomic E-state index is 0.0319. The van der Waals surface area contributed by atoms with Crippen molar-refractivity contribution in [1.82, 2.24) is 0 Å². The van der Waals surface area contributed by atoms with Crippen molar-refractivity contribution in [3.63, 3.8) is 0 Å². The molecular weight excluding hydrogens is 651 g/mol. The van der Waals surface area contributed by atoms with Gasteiger partial charge in [-0.25, -0.2) is 0 Å². The number of hydrogen-bond donors (Lipinski definition) is 0. The van der Waals surface area contributed by atoms with Crippen LogP contribution in [0.1, 0.15) is 25.0 Å². The highest BCUT2D eigenvalue weighted by Crippen LogP contribution is 2.52. The molecule has 0 saturated heterocycles. The zero-order valence-corrected chi connectivity index (χ0v) is 30.5. The molecule has 9 aromatic rings. The lowest BCUT2D eigenvalue weighted by Crippen LogP contribution is -2.14. The number of fused-ring (bicyclic) bond motifs is 5. The molecule has 0 spiro atoms. The minimum atomic E-state index is -0.0319. The first kappa shape index (κ1) is 32.0. The number of rotatable bonds is 6. The molecule has 0 radical (unpaired) electrons. The van der Waals surface area contributed by atoms with Crippen LogP contribution in [-0.4, -0.2) is 0 Å². The fourth-order valence-electron chi connectivity index (χ4n) is 8.67. The monoisotopic (exact) mass is 689 g/mol. The van der Waals surface area contributed by atoms with Gasteiger partial charge in [0.25, 0.3) is 0 Å². The third kappa shape index (κ3) is 5.32. The molecule has 1 nitrogen and oxygen atoms in total. The molecule has 0 amide bonds. The van der Waals surface area contributed by atoms with E-state index in [0.29, 0.717) is 0 Å². The van der Waals surface area contributed by atoms with Crippen molar-refractivity contribution < 1.29 is 0 Å². The summed E-state index contributed by atoms with van der Waals surface area (Å²) in [5, 5.41) is 5.03. The topological polar surface area (TPSA) is 3.24 Å². The second kappa shape index (κ2) is 12.8. The molecule has 0 unspecified atom stereocenters. The van der Waals surface area contributed by atoms with Gasteiger partial charge in [0.15, 0.2) is 0 Å². The van der Waals surface area contributed by atoms with E-state index in [1.807, 2.05) is 0 Å². The van der Waals surface area contributed by atoms with Gasteiger partial charge in [0.05, 0.1) is 0 Å². The lowest BCUT2D eigenvalue weighted by Gasteiger charge is -2.26. The zero-order chi connectivity index (χ0) is 36.2. The Bertz CT molecular complexity index is 2820. The molecule has 0 aromatic heterocycles. The van der Waals surface area contributed by atoms with Crippen LogP contribution >= 0.6 is 0 Å². The summed E-state index contributed by atoms with van der Waals surface area (Å²) in [5.41, 5.74) is 16.2. The predicted octanol–water partition coefficient (Wildman–Crippen LogP) is 14.8. The van der Waals surface area contributed by atoms with Crippen molar-refractivity contribution in [1.29, 1.82) is 0 Å². The number of anilines is 3. The van der Waals surface area contributed by atoms with E-state index in [4.69, 9.17) is 0 Å². The Morgan fingerprint density at radius 2 is 0.815 bits per heavy atom. The summed E-state index contributed by atoms with van der Waals surface area (Å²) < 4.78 is 0. The van der Waals surface area contributed by atoms with E-state index >= 15 is 0 Å². The van der Waals surface area contributed by atoms with Crippen molar-refractivity contribution in [2.24, 2.45) is 0 Å². The van der Waals surface area contributed by atoms with Crippen LogP contribution in [0.4, 0.5) is 17.1 Å². The van der Waals surface area contributed by atoms with E-state index in [0.717, 1.165) is 17.1 Å². The molecule has 256 valence electrons. The Morgan fingerprint density at radius 3 is 1.54 bits per heavy atom. The van der Waals surface area contributed by atoms with Crippen molar-refractivity contribution in [3.8, 4) is 44.5 Å². The lowest BCUT2D eigenvalue weighted by molar-refractivity contribution is 0.660. The van der Waals surface area contributed by atoms with Crippen LogP contribution in [-0.2, 0) is 5.41 Å². The molecule has 1 aliphatic rings. The molecule has 9 aromatic carbocycles. The van der Waals surface area contributed by atoms with E-state index in [1.54, 1.807) is 0 Å². The smallest absolute Gasteiger partial charge is 0.0462 e. The SMILES string of the molecule is CC1(C)c2ccccc2-c2c(-c3ccc(N(c4ccc(-c5ccc6ccccc6c5)cc4)c4ccc(-c5cccc6ccccc56)cc4)cc3)cccc21. The molecule has 0 saturated carbocycles. The van der Waals surface area contributed by atoms with Gasteiger partial charge in [-0.1, -0.05) is 172 Å². The van der Waals surface area contributed by atoms with Crippen molar-refractivity contribution in [2.75, 3.05) is 4.90 Å². The number of benzene rings is 9. The van der Waals surface area contributed by atoms with Gasteiger partial charge in [-0.3, -0.25) is 0 Å². The number of nitrogens with zero attached hydrogens (tertiary/aromatic N) is 1. The molecule has 1 aliphatic carbocycles. The third-order valence-electron chi connectivity index (χ3n) is 11.5. The van der Waals surface area contributed by atoms with Crippen LogP contribution < -0.4 is 4.90 Å². The maximum Gasteiger partial charge on any atom is 0.0462 e. The standard InChI is InChI=1S/C53H39N/c1-53(2)50-19-8-7-16-49(50)52-48(18-10-20-51(52)53)40-27-33-45(34-28-40)54(43-29-23-37(24-30-43)42-22-21-36-11-3-4-13-41(36)35-42)44-31-25-39(26-32-44)47-17-9-14-38-12-5-6-15-46(38)47/h3-35H,1-2H3. The average molecular weight is 690 g/mol. The van der Waals surface area contributed by atoms with Gasteiger partial charge >= 0.3 is 0 Å². The second-order valence-electron chi connectivity index (χ2n) is 15.0. The summed E-state index contributed by atoms with van der Waals surface area (Å²) >= 11 is 0. The van der Waals surface area contributed by atoms with Crippen LogP contribution in [0.15, 0.2) is 200 Å². The van der Waals surface area contributed by atoms with Crippen LogP contribution in [0.2, 0.25) is 0 Å². The van der Waals surface area contributed by atoms with E-state index in [2.05, 4.69) is 219 Å². The highest BCUT2D eigenvalue weighted by Gasteiger charge is 2.36. The Balaban J connectivity index is 1.05. The largest absolute Gasteiger partial charge is 0.311 e. The van der Waals surface area contributed by atoms with Gasteiger partial charge < -0.3 is 4.90 Å². The minimum Gasteiger partial charge on any atom is -0.311 e.